The first-order valence-electron chi connectivity index (χ1n) is 4.00. The SMILES string of the molecule is CC(OCc1[c]cccn1)C(F)(F)F. The predicted octanol–water partition coefficient (Wildman–Crippen LogP) is 2.35. The third-order valence-electron chi connectivity index (χ3n) is 1.59. The van der Waals surface area contributed by atoms with Gasteiger partial charge in [-0.15, -0.1) is 0 Å². The molecule has 14 heavy (non-hydrogen) atoms. The van der Waals surface area contributed by atoms with Crippen LogP contribution < -0.4 is 0 Å². The van der Waals surface area contributed by atoms with E-state index in [1.54, 1.807) is 12.1 Å². The molecular weight excluding hydrogens is 195 g/mol. The molecule has 0 aliphatic carbocycles. The van der Waals surface area contributed by atoms with E-state index in [9.17, 15) is 13.2 Å². The summed E-state index contributed by atoms with van der Waals surface area (Å²) in [4.78, 5) is 3.78. The van der Waals surface area contributed by atoms with E-state index < -0.39 is 12.3 Å². The fraction of sp³-hybridized carbons (Fsp3) is 0.444. The van der Waals surface area contributed by atoms with E-state index in [2.05, 4.69) is 15.8 Å². The van der Waals surface area contributed by atoms with Crippen molar-refractivity contribution in [3.63, 3.8) is 0 Å². The lowest BCUT2D eigenvalue weighted by Crippen LogP contribution is -2.28. The fourth-order valence-electron chi connectivity index (χ4n) is 0.735. The molecular formula is C9H9F3NO. The van der Waals surface area contributed by atoms with Crippen LogP contribution in [0.25, 0.3) is 0 Å². The molecule has 1 unspecified atom stereocenters. The summed E-state index contributed by atoms with van der Waals surface area (Å²) in [5, 5.41) is 0. The van der Waals surface area contributed by atoms with Crippen LogP contribution in [0, 0.1) is 6.07 Å². The Kier molecular flexibility index (Phi) is 3.46. The van der Waals surface area contributed by atoms with Crippen molar-refractivity contribution < 1.29 is 17.9 Å². The zero-order valence-corrected chi connectivity index (χ0v) is 7.51. The normalized spacial score (nSPS) is 14.0. The molecule has 0 N–H and O–H groups in total. The molecule has 0 saturated carbocycles. The number of rotatable bonds is 3. The Morgan fingerprint density at radius 2 is 2.29 bits per heavy atom. The maximum absolute atomic E-state index is 12.0. The molecule has 1 rings (SSSR count). The van der Waals surface area contributed by atoms with Gasteiger partial charge in [0.05, 0.1) is 12.3 Å². The second-order valence-corrected chi connectivity index (χ2v) is 2.72. The maximum atomic E-state index is 12.0. The minimum Gasteiger partial charge on any atom is -0.363 e. The van der Waals surface area contributed by atoms with E-state index >= 15 is 0 Å². The van der Waals surface area contributed by atoms with Gasteiger partial charge in [0.2, 0.25) is 0 Å². The highest BCUT2D eigenvalue weighted by Crippen LogP contribution is 2.22. The van der Waals surface area contributed by atoms with E-state index in [-0.39, 0.29) is 6.61 Å². The molecule has 0 aromatic carbocycles. The van der Waals surface area contributed by atoms with Gasteiger partial charge in [-0.2, -0.15) is 13.2 Å². The number of hydrogen-bond donors (Lipinski definition) is 0. The summed E-state index contributed by atoms with van der Waals surface area (Å²) in [7, 11) is 0. The quantitative estimate of drug-likeness (QED) is 0.753. The van der Waals surface area contributed by atoms with Gasteiger partial charge in [0, 0.05) is 12.3 Å². The van der Waals surface area contributed by atoms with Crippen molar-refractivity contribution in [3.05, 3.63) is 30.1 Å². The molecule has 0 bridgehead atoms. The van der Waals surface area contributed by atoms with Crippen LogP contribution in [-0.2, 0) is 11.3 Å². The lowest BCUT2D eigenvalue weighted by molar-refractivity contribution is -0.217. The highest BCUT2D eigenvalue weighted by atomic mass is 19.4. The Morgan fingerprint density at radius 3 is 2.79 bits per heavy atom. The summed E-state index contributed by atoms with van der Waals surface area (Å²) in [6.07, 6.45) is -4.62. The number of alkyl halides is 3. The molecule has 0 aliphatic heterocycles. The number of ether oxygens (including phenoxy) is 1. The van der Waals surface area contributed by atoms with Crippen LogP contribution in [0.5, 0.6) is 0 Å². The van der Waals surface area contributed by atoms with E-state index in [1.807, 2.05) is 0 Å². The van der Waals surface area contributed by atoms with Gasteiger partial charge in [-0.1, -0.05) is 6.07 Å². The van der Waals surface area contributed by atoms with Crippen molar-refractivity contribution in [1.29, 1.82) is 0 Å². The lowest BCUT2D eigenvalue weighted by atomic mass is 10.3. The van der Waals surface area contributed by atoms with Gasteiger partial charge in [0.15, 0.2) is 6.10 Å². The molecule has 1 aromatic heterocycles. The molecule has 0 amide bonds. The summed E-state index contributed by atoms with van der Waals surface area (Å²) in [5.74, 6) is 0. The molecule has 0 spiro atoms. The molecule has 2 nitrogen and oxygen atoms in total. The molecule has 77 valence electrons. The van der Waals surface area contributed by atoms with Gasteiger partial charge in [0.25, 0.3) is 0 Å². The zero-order valence-electron chi connectivity index (χ0n) is 7.51. The largest absolute Gasteiger partial charge is 0.414 e. The van der Waals surface area contributed by atoms with Crippen LogP contribution in [0.2, 0.25) is 0 Å². The molecule has 5 heteroatoms. The molecule has 1 radical (unpaired) electrons. The Balaban J connectivity index is 2.42. The standard InChI is InChI=1S/C9H9F3NO/c1-7(9(10,11)12)14-6-8-4-2-3-5-13-8/h2-3,5,7H,6H2,1H3. The van der Waals surface area contributed by atoms with Crippen molar-refractivity contribution in [1.82, 2.24) is 4.98 Å². The highest BCUT2D eigenvalue weighted by molar-refractivity contribution is 4.99. The Bertz CT molecular complexity index is 273. The molecule has 1 heterocycles. The van der Waals surface area contributed by atoms with Crippen LogP contribution in [0.1, 0.15) is 12.6 Å². The van der Waals surface area contributed by atoms with Crippen molar-refractivity contribution in [3.8, 4) is 0 Å². The summed E-state index contributed by atoms with van der Waals surface area (Å²) >= 11 is 0. The topological polar surface area (TPSA) is 22.1 Å². The Hall–Kier alpha value is -1.10. The minimum atomic E-state index is -4.32. The van der Waals surface area contributed by atoms with Gasteiger partial charge >= 0.3 is 6.18 Å². The average Bonchev–Trinajstić information content (AvgIpc) is 2.14. The second kappa shape index (κ2) is 4.41. The van der Waals surface area contributed by atoms with Gasteiger partial charge in [0.1, 0.15) is 0 Å². The van der Waals surface area contributed by atoms with Crippen molar-refractivity contribution in [2.45, 2.75) is 25.8 Å². The third-order valence-corrected chi connectivity index (χ3v) is 1.59. The molecule has 0 aliphatic rings. The van der Waals surface area contributed by atoms with E-state index in [0.29, 0.717) is 5.69 Å². The van der Waals surface area contributed by atoms with E-state index in [4.69, 9.17) is 0 Å². The summed E-state index contributed by atoms with van der Waals surface area (Å²) in [6, 6.07) is 5.88. The van der Waals surface area contributed by atoms with E-state index in [0.717, 1.165) is 6.92 Å². The number of aromatic nitrogens is 1. The number of hydrogen-bond acceptors (Lipinski definition) is 2. The zero-order chi connectivity index (χ0) is 10.6. The van der Waals surface area contributed by atoms with Gasteiger partial charge in [-0.3, -0.25) is 4.98 Å². The van der Waals surface area contributed by atoms with Crippen LogP contribution in [0.15, 0.2) is 18.3 Å². The number of pyridine rings is 1. The lowest BCUT2D eigenvalue weighted by Gasteiger charge is -2.15. The van der Waals surface area contributed by atoms with Crippen molar-refractivity contribution in [2.24, 2.45) is 0 Å². The number of nitrogens with zero attached hydrogens (tertiary/aromatic N) is 1. The minimum absolute atomic E-state index is 0.179. The predicted molar refractivity (Wildman–Crippen MR) is 43.4 cm³/mol. The monoisotopic (exact) mass is 204 g/mol. The fourth-order valence-corrected chi connectivity index (χ4v) is 0.735. The molecule has 1 aromatic rings. The number of halogens is 3. The maximum Gasteiger partial charge on any atom is 0.414 e. The molecule has 0 fully saturated rings. The first kappa shape index (κ1) is 11.0. The summed E-state index contributed by atoms with van der Waals surface area (Å²) < 4.78 is 40.6. The average molecular weight is 204 g/mol. The molecule has 0 saturated heterocycles. The Labute approximate surface area is 79.7 Å². The van der Waals surface area contributed by atoms with Gasteiger partial charge in [-0.05, 0) is 13.0 Å². The van der Waals surface area contributed by atoms with Gasteiger partial charge in [-0.25, -0.2) is 0 Å². The first-order valence-corrected chi connectivity index (χ1v) is 4.00. The smallest absolute Gasteiger partial charge is 0.363 e. The van der Waals surface area contributed by atoms with Crippen LogP contribution in [0.4, 0.5) is 13.2 Å². The summed E-state index contributed by atoms with van der Waals surface area (Å²) in [5.41, 5.74) is 0.364. The van der Waals surface area contributed by atoms with Crippen LogP contribution >= 0.6 is 0 Å². The van der Waals surface area contributed by atoms with Crippen molar-refractivity contribution in [2.75, 3.05) is 0 Å². The van der Waals surface area contributed by atoms with Crippen LogP contribution in [-0.4, -0.2) is 17.3 Å². The van der Waals surface area contributed by atoms with E-state index in [1.165, 1.54) is 6.20 Å². The van der Waals surface area contributed by atoms with Gasteiger partial charge < -0.3 is 4.74 Å². The highest BCUT2D eigenvalue weighted by Gasteiger charge is 2.36. The van der Waals surface area contributed by atoms with Crippen LogP contribution in [0.3, 0.4) is 0 Å². The molecule has 1 atom stereocenters. The van der Waals surface area contributed by atoms with Crippen molar-refractivity contribution >= 4 is 0 Å². The first-order chi connectivity index (χ1) is 6.50. The second-order valence-electron chi connectivity index (χ2n) is 2.72. The Morgan fingerprint density at radius 1 is 1.57 bits per heavy atom. The third kappa shape index (κ3) is 3.33. The summed E-state index contributed by atoms with van der Waals surface area (Å²) in [6.45, 7) is 0.782.